The Labute approximate surface area is 141 Å². The third kappa shape index (κ3) is 4.80. The lowest BCUT2D eigenvalue weighted by molar-refractivity contribution is -0.110. The molecule has 0 aliphatic rings. The molecule has 2 atom stereocenters. The van der Waals surface area contributed by atoms with Crippen LogP contribution in [0.15, 0.2) is 73.3 Å². The van der Waals surface area contributed by atoms with Crippen LogP contribution in [0.3, 0.4) is 0 Å². The third-order valence-electron chi connectivity index (χ3n) is 4.62. The van der Waals surface area contributed by atoms with Gasteiger partial charge in [-0.1, -0.05) is 80.6 Å². The third-order valence-corrected chi connectivity index (χ3v) is 4.62. The van der Waals surface area contributed by atoms with E-state index in [-0.39, 0.29) is 11.7 Å². The molecule has 0 heterocycles. The molecule has 0 bridgehead atoms. The summed E-state index contributed by atoms with van der Waals surface area (Å²) in [6.45, 7) is 10.5. The van der Waals surface area contributed by atoms with Crippen molar-refractivity contribution in [2.45, 2.75) is 45.3 Å². The van der Waals surface area contributed by atoms with E-state index in [1.165, 1.54) is 11.1 Å². The van der Waals surface area contributed by atoms with Crippen LogP contribution in [0.5, 0.6) is 0 Å². The maximum atomic E-state index is 6.66. The molecular formula is C22H28O. The topological polar surface area (TPSA) is 9.23 Å². The molecule has 0 aromatic heterocycles. The number of hydrogen-bond acceptors (Lipinski definition) is 1. The van der Waals surface area contributed by atoms with Crippen LogP contribution in [0.2, 0.25) is 0 Å². The molecule has 2 aromatic carbocycles. The van der Waals surface area contributed by atoms with Crippen LogP contribution in [-0.4, -0.2) is 5.60 Å². The fourth-order valence-corrected chi connectivity index (χ4v) is 2.75. The molecule has 2 rings (SSSR count). The molecule has 0 saturated heterocycles. The monoisotopic (exact) mass is 308 g/mol. The first kappa shape index (κ1) is 17.5. The van der Waals surface area contributed by atoms with Crippen molar-refractivity contribution in [2.75, 3.05) is 0 Å². The minimum Gasteiger partial charge on any atom is -0.366 e. The molecule has 0 radical (unpaired) electrons. The summed E-state index contributed by atoms with van der Waals surface area (Å²) in [7, 11) is 0. The molecule has 0 amide bonds. The first-order chi connectivity index (χ1) is 11.0. The normalized spacial score (nSPS) is 15.1. The number of benzene rings is 2. The Hall–Kier alpha value is -1.86. The SMILES string of the molecule is C=CC[C@](C)(O[C@H](Cc1ccccc1)c1ccccc1)C(C)C. The Bertz CT molecular complexity index is 588. The number of hydrogen-bond donors (Lipinski definition) is 0. The van der Waals surface area contributed by atoms with Crippen LogP contribution >= 0.6 is 0 Å². The van der Waals surface area contributed by atoms with E-state index in [1.54, 1.807) is 0 Å². The van der Waals surface area contributed by atoms with E-state index in [2.05, 4.69) is 88.0 Å². The molecule has 0 fully saturated rings. The van der Waals surface area contributed by atoms with Gasteiger partial charge in [0.15, 0.2) is 0 Å². The van der Waals surface area contributed by atoms with E-state index in [4.69, 9.17) is 4.74 Å². The highest BCUT2D eigenvalue weighted by Gasteiger charge is 2.31. The maximum Gasteiger partial charge on any atom is 0.0872 e. The van der Waals surface area contributed by atoms with Crippen molar-refractivity contribution < 1.29 is 4.74 Å². The summed E-state index contributed by atoms with van der Waals surface area (Å²) in [5.41, 5.74) is 2.31. The Kier molecular flexibility index (Phi) is 6.18. The predicted molar refractivity (Wildman–Crippen MR) is 98.5 cm³/mol. The van der Waals surface area contributed by atoms with Gasteiger partial charge in [-0.25, -0.2) is 0 Å². The summed E-state index contributed by atoms with van der Waals surface area (Å²) in [6.07, 6.45) is 3.74. The van der Waals surface area contributed by atoms with Gasteiger partial charge in [-0.15, -0.1) is 6.58 Å². The molecule has 0 aliphatic carbocycles. The second-order valence-electron chi connectivity index (χ2n) is 6.67. The van der Waals surface area contributed by atoms with Crippen molar-refractivity contribution in [3.63, 3.8) is 0 Å². The molecule has 0 unspecified atom stereocenters. The highest BCUT2D eigenvalue weighted by atomic mass is 16.5. The van der Waals surface area contributed by atoms with E-state index in [0.717, 1.165) is 12.8 Å². The second-order valence-corrected chi connectivity index (χ2v) is 6.67. The van der Waals surface area contributed by atoms with Crippen LogP contribution in [0.4, 0.5) is 0 Å². The van der Waals surface area contributed by atoms with E-state index in [9.17, 15) is 0 Å². The molecule has 23 heavy (non-hydrogen) atoms. The average Bonchev–Trinajstić information content (AvgIpc) is 2.56. The van der Waals surface area contributed by atoms with Crippen LogP contribution in [0.25, 0.3) is 0 Å². The molecule has 0 spiro atoms. The van der Waals surface area contributed by atoms with Crippen molar-refractivity contribution in [2.24, 2.45) is 5.92 Å². The van der Waals surface area contributed by atoms with E-state index >= 15 is 0 Å². The Morgan fingerprint density at radius 2 is 1.57 bits per heavy atom. The Morgan fingerprint density at radius 1 is 1.00 bits per heavy atom. The minimum atomic E-state index is -0.211. The molecule has 0 N–H and O–H groups in total. The quantitative estimate of drug-likeness (QED) is 0.545. The lowest BCUT2D eigenvalue weighted by atomic mass is 9.88. The second kappa shape index (κ2) is 8.12. The summed E-state index contributed by atoms with van der Waals surface area (Å²) in [5.74, 6) is 0.419. The first-order valence-electron chi connectivity index (χ1n) is 8.43. The summed E-state index contributed by atoms with van der Waals surface area (Å²) in [6, 6.07) is 21.1. The summed E-state index contributed by atoms with van der Waals surface area (Å²) < 4.78 is 6.66. The van der Waals surface area contributed by atoms with Gasteiger partial charge in [0.1, 0.15) is 0 Å². The molecule has 2 aromatic rings. The van der Waals surface area contributed by atoms with Gasteiger partial charge in [-0.3, -0.25) is 0 Å². The van der Waals surface area contributed by atoms with Crippen molar-refractivity contribution in [1.29, 1.82) is 0 Å². The molecule has 1 nitrogen and oxygen atoms in total. The predicted octanol–water partition coefficient (Wildman–Crippen LogP) is 5.98. The van der Waals surface area contributed by atoms with Crippen molar-refractivity contribution >= 4 is 0 Å². The van der Waals surface area contributed by atoms with Gasteiger partial charge in [0.25, 0.3) is 0 Å². The highest BCUT2D eigenvalue weighted by Crippen LogP contribution is 2.34. The van der Waals surface area contributed by atoms with Gasteiger partial charge < -0.3 is 4.74 Å². The number of ether oxygens (including phenoxy) is 1. The largest absolute Gasteiger partial charge is 0.366 e. The van der Waals surface area contributed by atoms with Gasteiger partial charge in [-0.05, 0) is 30.4 Å². The van der Waals surface area contributed by atoms with Crippen molar-refractivity contribution in [3.8, 4) is 0 Å². The molecule has 122 valence electrons. The van der Waals surface area contributed by atoms with Crippen molar-refractivity contribution in [3.05, 3.63) is 84.4 Å². The van der Waals surface area contributed by atoms with Crippen LogP contribution in [-0.2, 0) is 11.2 Å². The number of rotatable bonds is 8. The minimum absolute atomic E-state index is 0.0472. The zero-order valence-electron chi connectivity index (χ0n) is 14.5. The standard InChI is InChI=1S/C22H28O/c1-5-16-22(4,18(2)3)23-21(20-14-10-7-11-15-20)17-19-12-8-6-9-13-19/h5-15,18,21H,1,16-17H2,2-4H3/t21-,22+/m1/s1. The van der Waals surface area contributed by atoms with Crippen molar-refractivity contribution in [1.82, 2.24) is 0 Å². The van der Waals surface area contributed by atoms with Gasteiger partial charge in [-0.2, -0.15) is 0 Å². The summed E-state index contributed by atoms with van der Waals surface area (Å²) in [5, 5.41) is 0. The maximum absolute atomic E-state index is 6.66. The molecular weight excluding hydrogens is 280 g/mol. The van der Waals surface area contributed by atoms with E-state index < -0.39 is 0 Å². The van der Waals surface area contributed by atoms with Crippen LogP contribution in [0.1, 0.15) is 44.4 Å². The van der Waals surface area contributed by atoms with E-state index in [1.807, 2.05) is 6.08 Å². The first-order valence-corrected chi connectivity index (χ1v) is 8.43. The fourth-order valence-electron chi connectivity index (χ4n) is 2.75. The summed E-state index contributed by atoms with van der Waals surface area (Å²) >= 11 is 0. The zero-order chi connectivity index (χ0) is 16.7. The smallest absolute Gasteiger partial charge is 0.0872 e. The Morgan fingerprint density at radius 3 is 2.09 bits per heavy atom. The zero-order valence-corrected chi connectivity index (χ0v) is 14.5. The van der Waals surface area contributed by atoms with E-state index in [0.29, 0.717) is 5.92 Å². The van der Waals surface area contributed by atoms with Crippen LogP contribution < -0.4 is 0 Å². The molecule has 0 saturated carbocycles. The van der Waals surface area contributed by atoms with Gasteiger partial charge in [0.2, 0.25) is 0 Å². The average molecular weight is 308 g/mol. The highest BCUT2D eigenvalue weighted by molar-refractivity contribution is 5.23. The lowest BCUT2D eigenvalue weighted by Crippen LogP contribution is -2.36. The molecule has 0 aliphatic heterocycles. The van der Waals surface area contributed by atoms with Crippen LogP contribution in [0, 0.1) is 5.92 Å². The molecule has 1 heteroatoms. The fraction of sp³-hybridized carbons (Fsp3) is 0.364. The lowest BCUT2D eigenvalue weighted by Gasteiger charge is -2.37. The summed E-state index contributed by atoms with van der Waals surface area (Å²) in [4.78, 5) is 0. The van der Waals surface area contributed by atoms with Gasteiger partial charge in [0, 0.05) is 6.42 Å². The Balaban J connectivity index is 2.28. The van der Waals surface area contributed by atoms with Gasteiger partial charge in [0.05, 0.1) is 11.7 Å². The van der Waals surface area contributed by atoms with Gasteiger partial charge >= 0.3 is 0 Å².